The van der Waals surface area contributed by atoms with E-state index in [4.69, 9.17) is 4.74 Å². The minimum Gasteiger partial charge on any atom is -0.465 e. The lowest BCUT2D eigenvalue weighted by Gasteiger charge is -2.19. The molecule has 10 nitrogen and oxygen atoms in total. The molecule has 0 amide bonds. The number of esters is 2. The average molecular weight is 778 g/mol. The first-order valence-corrected chi connectivity index (χ1v) is 15.0. The van der Waals surface area contributed by atoms with Crippen LogP contribution in [0.1, 0.15) is 43.2 Å². The number of nitrogens with one attached hydrogen (secondary N) is 1. The number of carbonyl (C=O) groups excluding carboxylic acids is 2. The number of methoxy groups -OCH3 is 2. The van der Waals surface area contributed by atoms with Crippen LogP contribution in [-0.4, -0.2) is 58.8 Å². The van der Waals surface area contributed by atoms with Crippen molar-refractivity contribution in [1.29, 1.82) is 0 Å². The fraction of sp³-hybridized carbons (Fsp3) is 0.333. The number of anilines is 3. The predicted molar refractivity (Wildman–Crippen MR) is 168 cm³/mol. The van der Waals surface area contributed by atoms with Crippen LogP contribution in [0.3, 0.4) is 0 Å². The summed E-state index contributed by atoms with van der Waals surface area (Å²) in [4.78, 5) is 25.1. The van der Waals surface area contributed by atoms with Crippen molar-refractivity contribution in [3.63, 3.8) is 0 Å². The molecule has 2 aliphatic heterocycles. The van der Waals surface area contributed by atoms with Gasteiger partial charge in [0, 0.05) is 22.3 Å². The van der Waals surface area contributed by atoms with Crippen LogP contribution in [0.4, 0.5) is 43.7 Å². The maximum absolute atomic E-state index is 12.7. The number of nitrogens with zero attached hydrogens (tertiary/aromatic N) is 5. The number of hydrogen-bond donors (Lipinski definition) is 1. The fourth-order valence-electron chi connectivity index (χ4n) is 4.91. The zero-order valence-electron chi connectivity index (χ0n) is 25.5. The van der Waals surface area contributed by atoms with Gasteiger partial charge in [0.1, 0.15) is 22.8 Å². The third-order valence-electron chi connectivity index (χ3n) is 7.09. The highest BCUT2D eigenvalue weighted by molar-refractivity contribution is 14.1. The van der Waals surface area contributed by atoms with Crippen LogP contribution in [-0.2, 0) is 34.9 Å². The van der Waals surface area contributed by atoms with E-state index < -0.39 is 29.4 Å². The first-order chi connectivity index (χ1) is 22.1. The molecular weight excluding hydrogens is 749 g/mol. The summed E-state index contributed by atoms with van der Waals surface area (Å²) in [7, 11) is 2.66. The summed E-state index contributed by atoms with van der Waals surface area (Å²) in [5.41, 5.74) is 1.40. The summed E-state index contributed by atoms with van der Waals surface area (Å²) < 4.78 is 87.5. The van der Waals surface area contributed by atoms with Gasteiger partial charge in [-0.3, -0.25) is 0 Å². The van der Waals surface area contributed by atoms with Gasteiger partial charge in [0.2, 0.25) is 0 Å². The van der Waals surface area contributed by atoms with E-state index in [-0.39, 0.29) is 5.97 Å². The second-order valence-electron chi connectivity index (χ2n) is 10.2. The molecule has 2 aromatic carbocycles. The third-order valence-corrected chi connectivity index (χ3v) is 7.81. The molecule has 4 aromatic rings. The van der Waals surface area contributed by atoms with Crippen molar-refractivity contribution < 1.29 is 45.4 Å². The molecule has 0 spiro atoms. The standard InChI is InChI=1S/C15H14F3N3O2.C8H11N3O2.C7H4F3I/c1-9-12(14(22)23-2)13-20(7-8-21(13)19-9)11-5-3-10(4-6-11)15(16,17)18;1-5-6(8(12)13-2)7-9-3-4-11(7)10-5;8-7(9,10)5-1-3-6(11)4-2-5/h3-6H,7-8H2,1-2H3;9H,3-4H2,1-2H3;1-4H. The molecule has 4 heterocycles. The highest BCUT2D eigenvalue weighted by Crippen LogP contribution is 2.37. The quantitative estimate of drug-likeness (QED) is 0.137. The SMILES string of the molecule is COC(=O)c1c(C)nn2c1N(c1ccc(C(F)(F)F)cc1)CC2.COC(=O)c1c(C)nn2c1NCC2.FC(F)(F)c1ccc(I)cc1. The molecule has 0 atom stereocenters. The summed E-state index contributed by atoms with van der Waals surface area (Å²) in [5.74, 6) is 0.495. The Labute approximate surface area is 278 Å². The van der Waals surface area contributed by atoms with E-state index in [1.807, 2.05) is 22.6 Å². The monoisotopic (exact) mass is 778 g/mol. The van der Waals surface area contributed by atoms with Gasteiger partial charge in [-0.25, -0.2) is 19.0 Å². The Hall–Kier alpha value is -4.29. The second kappa shape index (κ2) is 14.2. The van der Waals surface area contributed by atoms with Crippen molar-refractivity contribution in [3.05, 3.63) is 85.7 Å². The highest BCUT2D eigenvalue weighted by atomic mass is 127. The molecule has 1 N–H and O–H groups in total. The maximum atomic E-state index is 12.7. The van der Waals surface area contributed by atoms with Gasteiger partial charge in [0.25, 0.3) is 0 Å². The summed E-state index contributed by atoms with van der Waals surface area (Å²) in [6, 6.07) is 9.85. The van der Waals surface area contributed by atoms with Crippen LogP contribution in [0.5, 0.6) is 0 Å². The van der Waals surface area contributed by atoms with E-state index in [2.05, 4.69) is 20.3 Å². The summed E-state index contributed by atoms with van der Waals surface area (Å²) >= 11 is 1.96. The molecule has 47 heavy (non-hydrogen) atoms. The molecule has 2 aliphatic rings. The number of carbonyl (C=O) groups is 2. The lowest BCUT2D eigenvalue weighted by atomic mass is 10.1. The zero-order valence-corrected chi connectivity index (χ0v) is 27.6. The van der Waals surface area contributed by atoms with Crippen molar-refractivity contribution in [1.82, 2.24) is 19.6 Å². The summed E-state index contributed by atoms with van der Waals surface area (Å²) in [6.45, 7) is 6.22. The Morgan fingerprint density at radius 1 is 0.745 bits per heavy atom. The van der Waals surface area contributed by atoms with Gasteiger partial charge in [0.15, 0.2) is 0 Å². The van der Waals surface area contributed by atoms with Crippen LogP contribution in [0.2, 0.25) is 0 Å². The number of halogens is 7. The molecule has 0 aliphatic carbocycles. The molecule has 0 unspecified atom stereocenters. The molecule has 0 radical (unpaired) electrons. The minimum absolute atomic E-state index is 0.326. The van der Waals surface area contributed by atoms with Gasteiger partial charge in [-0.15, -0.1) is 0 Å². The Morgan fingerprint density at radius 2 is 1.23 bits per heavy atom. The lowest BCUT2D eigenvalue weighted by molar-refractivity contribution is -0.138. The Morgan fingerprint density at radius 3 is 1.77 bits per heavy atom. The molecule has 0 saturated heterocycles. The number of fused-ring (bicyclic) bond motifs is 2. The van der Waals surface area contributed by atoms with Crippen molar-refractivity contribution in [2.75, 3.05) is 37.5 Å². The number of alkyl halides is 6. The number of benzene rings is 2. The van der Waals surface area contributed by atoms with E-state index in [0.717, 1.165) is 46.7 Å². The minimum atomic E-state index is -4.38. The normalized spacial score (nSPS) is 13.4. The van der Waals surface area contributed by atoms with Gasteiger partial charge < -0.3 is 19.7 Å². The first kappa shape index (κ1) is 35.6. The van der Waals surface area contributed by atoms with E-state index in [0.29, 0.717) is 47.1 Å². The van der Waals surface area contributed by atoms with E-state index in [1.54, 1.807) is 28.1 Å². The topological polar surface area (TPSA) is 104 Å². The lowest BCUT2D eigenvalue weighted by Crippen LogP contribution is -2.17. The molecule has 2 aromatic heterocycles. The number of rotatable bonds is 3. The molecule has 0 bridgehead atoms. The zero-order chi connectivity index (χ0) is 34.7. The van der Waals surface area contributed by atoms with Crippen molar-refractivity contribution >= 4 is 51.9 Å². The summed E-state index contributed by atoms with van der Waals surface area (Å²) in [6.07, 6.45) is -8.59. The number of ether oxygens (including phenoxy) is 2. The number of aromatic nitrogens is 4. The van der Waals surface area contributed by atoms with Crippen LogP contribution in [0, 0.1) is 17.4 Å². The molecule has 6 rings (SSSR count). The van der Waals surface area contributed by atoms with E-state index >= 15 is 0 Å². The van der Waals surface area contributed by atoms with Crippen LogP contribution < -0.4 is 10.2 Å². The molecule has 0 fully saturated rings. The van der Waals surface area contributed by atoms with Gasteiger partial charge in [-0.05, 0) is 85.0 Å². The van der Waals surface area contributed by atoms with Crippen LogP contribution in [0.25, 0.3) is 0 Å². The van der Waals surface area contributed by atoms with Gasteiger partial charge in [-0.1, -0.05) is 0 Å². The largest absolute Gasteiger partial charge is 0.465 e. The number of hydrogen-bond acceptors (Lipinski definition) is 8. The van der Waals surface area contributed by atoms with E-state index in [1.165, 1.54) is 38.5 Å². The Bertz CT molecular complexity index is 1730. The van der Waals surface area contributed by atoms with Crippen molar-refractivity contribution in [3.8, 4) is 0 Å². The van der Waals surface area contributed by atoms with Crippen molar-refractivity contribution in [2.45, 2.75) is 39.3 Å². The third kappa shape index (κ3) is 7.99. The van der Waals surface area contributed by atoms with E-state index in [9.17, 15) is 35.9 Å². The molecule has 252 valence electrons. The number of aryl methyl sites for hydroxylation is 2. The van der Waals surface area contributed by atoms with Gasteiger partial charge in [0.05, 0.1) is 49.8 Å². The summed E-state index contributed by atoms with van der Waals surface area (Å²) in [5, 5.41) is 11.6. The molecule has 0 saturated carbocycles. The van der Waals surface area contributed by atoms with Gasteiger partial charge in [-0.2, -0.15) is 36.5 Å². The van der Waals surface area contributed by atoms with Crippen molar-refractivity contribution in [2.24, 2.45) is 0 Å². The van der Waals surface area contributed by atoms with Crippen LogP contribution in [0.15, 0.2) is 48.5 Å². The second-order valence-corrected chi connectivity index (χ2v) is 11.4. The highest BCUT2D eigenvalue weighted by Gasteiger charge is 2.34. The smallest absolute Gasteiger partial charge is 0.416 e. The van der Waals surface area contributed by atoms with Crippen LogP contribution >= 0.6 is 22.6 Å². The average Bonchev–Trinajstić information content (AvgIpc) is 3.77. The fourth-order valence-corrected chi connectivity index (χ4v) is 5.27. The first-order valence-electron chi connectivity index (χ1n) is 13.9. The van der Waals surface area contributed by atoms with Gasteiger partial charge >= 0.3 is 24.3 Å². The predicted octanol–water partition coefficient (Wildman–Crippen LogP) is 6.86. The molecular formula is C30H29F6IN6O4. The maximum Gasteiger partial charge on any atom is 0.416 e. The molecule has 17 heteroatoms. The Balaban J connectivity index is 0.000000176. The Kier molecular flexibility index (Phi) is 10.8.